The Labute approximate surface area is 119 Å². The number of aliphatic carboxylic acids is 1. The molecule has 1 aliphatic heterocycles. The van der Waals surface area contributed by atoms with Crippen LogP contribution in [0.3, 0.4) is 0 Å². The van der Waals surface area contributed by atoms with E-state index in [4.69, 9.17) is 5.11 Å². The quantitative estimate of drug-likeness (QED) is 0.806. The van der Waals surface area contributed by atoms with Crippen LogP contribution < -0.4 is 5.32 Å². The van der Waals surface area contributed by atoms with Crippen LogP contribution in [-0.4, -0.2) is 41.0 Å². The van der Waals surface area contributed by atoms with E-state index in [9.17, 15) is 14.4 Å². The monoisotopic (exact) mass is 284 g/mol. The number of likely N-dealkylation sites (tertiary alicyclic amines) is 1. The minimum Gasteiger partial charge on any atom is -0.481 e. The van der Waals surface area contributed by atoms with Gasteiger partial charge >= 0.3 is 12.0 Å². The lowest BCUT2D eigenvalue weighted by Crippen LogP contribution is -2.43. The van der Waals surface area contributed by atoms with E-state index in [2.05, 4.69) is 12.2 Å². The van der Waals surface area contributed by atoms with Gasteiger partial charge in [0.2, 0.25) is 5.91 Å². The molecule has 0 aromatic heterocycles. The van der Waals surface area contributed by atoms with Crippen LogP contribution in [0.25, 0.3) is 0 Å². The van der Waals surface area contributed by atoms with Crippen molar-refractivity contribution >= 4 is 17.9 Å². The minimum absolute atomic E-state index is 0.208. The molecule has 1 unspecified atom stereocenters. The van der Waals surface area contributed by atoms with E-state index in [0.29, 0.717) is 19.0 Å². The molecule has 1 fully saturated rings. The third-order valence-electron chi connectivity index (χ3n) is 3.70. The van der Waals surface area contributed by atoms with Gasteiger partial charge in [-0.05, 0) is 32.6 Å². The molecule has 6 nitrogen and oxygen atoms in total. The molecule has 114 valence electrons. The molecule has 0 aromatic rings. The highest BCUT2D eigenvalue weighted by Crippen LogP contribution is 2.22. The van der Waals surface area contributed by atoms with Crippen molar-refractivity contribution in [3.8, 4) is 0 Å². The lowest BCUT2D eigenvalue weighted by Gasteiger charge is -2.20. The molecule has 0 radical (unpaired) electrons. The first kappa shape index (κ1) is 16.5. The normalized spacial score (nSPS) is 18.9. The number of imide groups is 1. The number of carboxylic acid groups (broad SMARTS) is 1. The number of carbonyl (C=O) groups excluding carboxylic acids is 2. The summed E-state index contributed by atoms with van der Waals surface area (Å²) in [6.07, 6.45) is 2.94. The molecule has 0 aliphatic carbocycles. The molecule has 0 aromatic carbocycles. The highest BCUT2D eigenvalue weighted by molar-refractivity contribution is 5.96. The first-order valence-electron chi connectivity index (χ1n) is 7.08. The van der Waals surface area contributed by atoms with Crippen molar-refractivity contribution in [1.29, 1.82) is 0 Å². The Kier molecular flexibility index (Phi) is 5.53. The first-order chi connectivity index (χ1) is 9.26. The van der Waals surface area contributed by atoms with E-state index in [1.54, 1.807) is 4.90 Å². The van der Waals surface area contributed by atoms with Crippen LogP contribution in [0.5, 0.6) is 0 Å². The van der Waals surface area contributed by atoms with Crippen molar-refractivity contribution in [3.63, 3.8) is 0 Å². The smallest absolute Gasteiger partial charge is 0.324 e. The van der Waals surface area contributed by atoms with Gasteiger partial charge in [-0.2, -0.15) is 0 Å². The fourth-order valence-corrected chi connectivity index (χ4v) is 2.38. The van der Waals surface area contributed by atoms with Crippen molar-refractivity contribution < 1.29 is 19.5 Å². The summed E-state index contributed by atoms with van der Waals surface area (Å²) in [5, 5.41) is 11.2. The van der Waals surface area contributed by atoms with Gasteiger partial charge in [-0.25, -0.2) is 4.79 Å². The Bertz CT molecular complexity index is 393. The molecule has 1 rings (SSSR count). The third-order valence-corrected chi connectivity index (χ3v) is 3.70. The van der Waals surface area contributed by atoms with E-state index < -0.39 is 23.3 Å². The number of nitrogens with one attached hydrogen (secondary N) is 1. The van der Waals surface area contributed by atoms with Gasteiger partial charge in [0, 0.05) is 19.5 Å². The fourth-order valence-electron chi connectivity index (χ4n) is 2.38. The Morgan fingerprint density at radius 1 is 1.35 bits per heavy atom. The summed E-state index contributed by atoms with van der Waals surface area (Å²) in [7, 11) is 0. The van der Waals surface area contributed by atoms with Crippen LogP contribution in [0.15, 0.2) is 0 Å². The summed E-state index contributed by atoms with van der Waals surface area (Å²) >= 11 is 0. The molecular weight excluding hydrogens is 260 g/mol. The summed E-state index contributed by atoms with van der Waals surface area (Å²) in [6.45, 7) is 6.38. The van der Waals surface area contributed by atoms with Gasteiger partial charge in [0.1, 0.15) is 0 Å². The Morgan fingerprint density at radius 3 is 2.55 bits per heavy atom. The van der Waals surface area contributed by atoms with Gasteiger partial charge < -0.3 is 10.0 Å². The maximum atomic E-state index is 11.9. The van der Waals surface area contributed by atoms with Gasteiger partial charge in [0.15, 0.2) is 0 Å². The summed E-state index contributed by atoms with van der Waals surface area (Å²) in [4.78, 5) is 36.2. The zero-order valence-electron chi connectivity index (χ0n) is 12.4. The number of rotatable bonds is 5. The van der Waals surface area contributed by atoms with E-state index in [1.165, 1.54) is 13.8 Å². The standard InChI is InChI=1S/C14H24N2O4/c1-4-5-10-6-7-16(9-10)13(20)15-11(17)8-14(2,3)12(18)19/h10H,4-9H2,1-3H3,(H,18,19)(H,15,17,20). The number of carboxylic acids is 1. The molecule has 0 bridgehead atoms. The highest BCUT2D eigenvalue weighted by atomic mass is 16.4. The Balaban J connectivity index is 2.43. The van der Waals surface area contributed by atoms with Crippen LogP contribution in [-0.2, 0) is 9.59 Å². The van der Waals surface area contributed by atoms with Crippen molar-refractivity contribution in [2.24, 2.45) is 11.3 Å². The number of urea groups is 1. The highest BCUT2D eigenvalue weighted by Gasteiger charge is 2.32. The van der Waals surface area contributed by atoms with Gasteiger partial charge in [0.25, 0.3) is 0 Å². The Hall–Kier alpha value is -1.59. The summed E-state index contributed by atoms with van der Waals surface area (Å²) in [5.74, 6) is -1.08. The van der Waals surface area contributed by atoms with Crippen LogP contribution in [0.2, 0.25) is 0 Å². The molecule has 1 aliphatic rings. The molecule has 1 atom stereocenters. The molecule has 1 saturated heterocycles. The molecule has 6 heteroatoms. The minimum atomic E-state index is -1.17. The van der Waals surface area contributed by atoms with Gasteiger partial charge in [-0.1, -0.05) is 13.3 Å². The van der Waals surface area contributed by atoms with E-state index in [0.717, 1.165) is 19.3 Å². The maximum Gasteiger partial charge on any atom is 0.324 e. The zero-order valence-corrected chi connectivity index (χ0v) is 12.4. The van der Waals surface area contributed by atoms with Crippen LogP contribution in [0.1, 0.15) is 46.5 Å². The van der Waals surface area contributed by atoms with Crippen molar-refractivity contribution in [3.05, 3.63) is 0 Å². The molecule has 0 spiro atoms. The van der Waals surface area contributed by atoms with Crippen LogP contribution in [0.4, 0.5) is 4.79 Å². The zero-order chi connectivity index (χ0) is 15.3. The molecule has 20 heavy (non-hydrogen) atoms. The number of nitrogens with zero attached hydrogens (tertiary/aromatic N) is 1. The van der Waals surface area contributed by atoms with Gasteiger partial charge in [-0.15, -0.1) is 0 Å². The summed E-state index contributed by atoms with van der Waals surface area (Å²) in [5.41, 5.74) is -1.17. The van der Waals surface area contributed by atoms with E-state index >= 15 is 0 Å². The topological polar surface area (TPSA) is 86.7 Å². The predicted octanol–water partition coefficient (Wildman–Crippen LogP) is 1.85. The van der Waals surface area contributed by atoms with E-state index in [1.807, 2.05) is 0 Å². The maximum absolute atomic E-state index is 11.9. The van der Waals surface area contributed by atoms with Gasteiger partial charge in [0.05, 0.1) is 5.41 Å². The van der Waals surface area contributed by atoms with Crippen molar-refractivity contribution in [2.45, 2.75) is 46.5 Å². The SMILES string of the molecule is CCCC1CCN(C(=O)NC(=O)CC(C)(C)C(=O)O)C1. The first-order valence-corrected chi connectivity index (χ1v) is 7.08. The number of hydrogen-bond acceptors (Lipinski definition) is 3. The van der Waals surface area contributed by atoms with Crippen molar-refractivity contribution in [2.75, 3.05) is 13.1 Å². The molecular formula is C14H24N2O4. The lowest BCUT2D eigenvalue weighted by molar-refractivity contribution is -0.149. The largest absolute Gasteiger partial charge is 0.481 e. The number of carbonyl (C=O) groups is 3. The summed E-state index contributed by atoms with van der Waals surface area (Å²) in [6, 6.07) is -0.408. The average molecular weight is 284 g/mol. The number of amides is 3. The van der Waals surface area contributed by atoms with Gasteiger partial charge in [-0.3, -0.25) is 14.9 Å². The lowest BCUT2D eigenvalue weighted by atomic mass is 9.89. The van der Waals surface area contributed by atoms with Crippen molar-refractivity contribution in [1.82, 2.24) is 10.2 Å². The number of hydrogen-bond donors (Lipinski definition) is 2. The summed E-state index contributed by atoms with van der Waals surface area (Å²) < 4.78 is 0. The van der Waals surface area contributed by atoms with Crippen LogP contribution >= 0.6 is 0 Å². The molecule has 3 amide bonds. The Morgan fingerprint density at radius 2 is 2.00 bits per heavy atom. The molecule has 2 N–H and O–H groups in total. The third kappa shape index (κ3) is 4.51. The second-order valence-corrected chi connectivity index (χ2v) is 6.11. The van der Waals surface area contributed by atoms with E-state index in [-0.39, 0.29) is 6.42 Å². The van der Waals surface area contributed by atoms with Crippen LogP contribution in [0, 0.1) is 11.3 Å². The molecule has 0 saturated carbocycles. The second-order valence-electron chi connectivity index (χ2n) is 6.11. The fraction of sp³-hybridized carbons (Fsp3) is 0.786. The average Bonchev–Trinajstić information content (AvgIpc) is 2.77. The predicted molar refractivity (Wildman–Crippen MR) is 74.2 cm³/mol. The molecule has 1 heterocycles. The second kappa shape index (κ2) is 6.72.